The molecule has 0 aliphatic carbocycles. The van der Waals surface area contributed by atoms with Gasteiger partial charge < -0.3 is 5.32 Å². The molecule has 0 amide bonds. The number of aromatic nitrogens is 3. The standard InChI is InChI=1S/C19H19F2N5O2S.ClH/c1-29(27,28)26-7-4-14(5-8-26)24-19-23-11-16(21)18(25-19)13-9-12-3-2-6-22-17(12)15(20)10-13;/h2-3,6,9-11,14H,4-5,7-8H2,1H3,(H,23,24,25);1H. The Bertz CT molecular complexity index is 1170. The van der Waals surface area contributed by atoms with Crippen LogP contribution in [0.4, 0.5) is 14.7 Å². The molecule has 1 saturated heterocycles. The van der Waals surface area contributed by atoms with E-state index in [1.807, 2.05) is 0 Å². The molecule has 2 aromatic heterocycles. The van der Waals surface area contributed by atoms with Crippen LogP contribution in [0.5, 0.6) is 0 Å². The van der Waals surface area contributed by atoms with Crippen LogP contribution in [0, 0.1) is 11.6 Å². The zero-order valence-corrected chi connectivity index (χ0v) is 17.7. The van der Waals surface area contributed by atoms with Gasteiger partial charge >= 0.3 is 0 Å². The molecule has 0 bridgehead atoms. The summed E-state index contributed by atoms with van der Waals surface area (Å²) in [5.41, 5.74) is 0.486. The normalized spacial score (nSPS) is 15.7. The first-order valence-electron chi connectivity index (χ1n) is 9.10. The maximum atomic E-state index is 14.4. The number of benzene rings is 1. The van der Waals surface area contributed by atoms with Crippen LogP contribution < -0.4 is 5.32 Å². The largest absolute Gasteiger partial charge is 0.351 e. The zero-order valence-electron chi connectivity index (χ0n) is 16.0. The lowest BCUT2D eigenvalue weighted by molar-refractivity contribution is 0.331. The van der Waals surface area contributed by atoms with Gasteiger partial charge in [0.25, 0.3) is 0 Å². The summed E-state index contributed by atoms with van der Waals surface area (Å²) in [5, 5.41) is 3.67. The molecular formula is C19H20ClF2N5O2S. The summed E-state index contributed by atoms with van der Waals surface area (Å²) in [5.74, 6) is -1.00. The fourth-order valence-corrected chi connectivity index (χ4v) is 4.31. The number of halogens is 3. The maximum absolute atomic E-state index is 14.4. The molecule has 1 fully saturated rings. The van der Waals surface area contributed by atoms with Crippen LogP contribution in [-0.4, -0.2) is 53.1 Å². The number of fused-ring (bicyclic) bond motifs is 1. The van der Waals surface area contributed by atoms with Crippen molar-refractivity contribution in [3.8, 4) is 11.3 Å². The third kappa shape index (κ3) is 4.66. The smallest absolute Gasteiger partial charge is 0.223 e. The van der Waals surface area contributed by atoms with Crippen LogP contribution in [0.25, 0.3) is 22.2 Å². The fourth-order valence-electron chi connectivity index (χ4n) is 3.44. The van der Waals surface area contributed by atoms with Crippen LogP contribution in [0.2, 0.25) is 0 Å². The summed E-state index contributed by atoms with van der Waals surface area (Å²) < 4.78 is 53.4. The Balaban J connectivity index is 0.00000256. The van der Waals surface area contributed by atoms with Crippen molar-refractivity contribution in [1.29, 1.82) is 0 Å². The summed E-state index contributed by atoms with van der Waals surface area (Å²) in [6.07, 6.45) is 4.89. The van der Waals surface area contributed by atoms with Gasteiger partial charge in [0.15, 0.2) is 5.82 Å². The van der Waals surface area contributed by atoms with E-state index in [0.717, 1.165) is 6.20 Å². The van der Waals surface area contributed by atoms with E-state index in [1.165, 1.54) is 22.8 Å². The highest BCUT2D eigenvalue weighted by Gasteiger charge is 2.25. The highest BCUT2D eigenvalue weighted by atomic mass is 35.5. The van der Waals surface area contributed by atoms with Gasteiger partial charge in [0.1, 0.15) is 17.0 Å². The molecule has 0 spiro atoms. The lowest BCUT2D eigenvalue weighted by Gasteiger charge is -2.30. The van der Waals surface area contributed by atoms with E-state index < -0.39 is 21.7 Å². The first-order chi connectivity index (χ1) is 13.8. The Morgan fingerprint density at radius 1 is 1.13 bits per heavy atom. The van der Waals surface area contributed by atoms with Crippen molar-refractivity contribution in [3.05, 3.63) is 48.3 Å². The summed E-state index contributed by atoms with van der Waals surface area (Å²) >= 11 is 0. The molecule has 7 nitrogen and oxygen atoms in total. The van der Waals surface area contributed by atoms with Gasteiger partial charge in [-0.25, -0.2) is 31.5 Å². The van der Waals surface area contributed by atoms with Gasteiger partial charge in [-0.05, 0) is 31.0 Å². The average Bonchev–Trinajstić information content (AvgIpc) is 2.69. The minimum Gasteiger partial charge on any atom is -0.351 e. The second-order valence-electron chi connectivity index (χ2n) is 7.00. The number of rotatable bonds is 4. The van der Waals surface area contributed by atoms with Crippen molar-refractivity contribution in [1.82, 2.24) is 19.3 Å². The second kappa shape index (κ2) is 8.75. The SMILES string of the molecule is CS(=O)(=O)N1CCC(Nc2ncc(F)c(-c3cc(F)c4ncccc4c3)n2)CC1.Cl. The minimum atomic E-state index is -3.21. The number of pyridine rings is 1. The fraction of sp³-hybridized carbons (Fsp3) is 0.316. The lowest BCUT2D eigenvalue weighted by atomic mass is 10.1. The second-order valence-corrected chi connectivity index (χ2v) is 8.99. The van der Waals surface area contributed by atoms with Crippen molar-refractivity contribution in [2.45, 2.75) is 18.9 Å². The molecule has 30 heavy (non-hydrogen) atoms. The predicted molar refractivity (Wildman–Crippen MR) is 113 cm³/mol. The van der Waals surface area contributed by atoms with Crippen LogP contribution in [0.15, 0.2) is 36.7 Å². The molecule has 0 atom stereocenters. The molecule has 1 aromatic carbocycles. The zero-order chi connectivity index (χ0) is 20.6. The van der Waals surface area contributed by atoms with E-state index in [2.05, 4.69) is 20.3 Å². The van der Waals surface area contributed by atoms with Crippen LogP contribution in [-0.2, 0) is 10.0 Å². The van der Waals surface area contributed by atoms with Gasteiger partial charge in [-0.15, -0.1) is 12.4 Å². The molecular weight excluding hydrogens is 436 g/mol. The Hall–Kier alpha value is -2.43. The lowest BCUT2D eigenvalue weighted by Crippen LogP contribution is -2.42. The predicted octanol–water partition coefficient (Wildman–Crippen LogP) is 3.23. The molecule has 0 unspecified atom stereocenters. The molecule has 0 radical (unpaired) electrons. The molecule has 1 N–H and O–H groups in total. The molecule has 3 heterocycles. The first-order valence-corrected chi connectivity index (χ1v) is 10.9. The Labute approximate surface area is 179 Å². The molecule has 3 aromatic rings. The van der Waals surface area contributed by atoms with Crippen molar-refractivity contribution < 1.29 is 17.2 Å². The van der Waals surface area contributed by atoms with Gasteiger partial charge in [0.2, 0.25) is 16.0 Å². The van der Waals surface area contributed by atoms with E-state index in [4.69, 9.17) is 0 Å². The van der Waals surface area contributed by atoms with Gasteiger partial charge in [0.05, 0.1) is 12.5 Å². The van der Waals surface area contributed by atoms with Crippen LogP contribution >= 0.6 is 12.4 Å². The van der Waals surface area contributed by atoms with E-state index in [9.17, 15) is 17.2 Å². The summed E-state index contributed by atoms with van der Waals surface area (Å²) in [7, 11) is -3.21. The Morgan fingerprint density at radius 2 is 1.87 bits per heavy atom. The molecule has 0 saturated carbocycles. The van der Waals surface area contributed by atoms with Gasteiger partial charge in [-0.2, -0.15) is 0 Å². The van der Waals surface area contributed by atoms with Crippen molar-refractivity contribution in [3.63, 3.8) is 0 Å². The number of sulfonamides is 1. The van der Waals surface area contributed by atoms with Gasteiger partial charge in [0, 0.05) is 36.3 Å². The maximum Gasteiger partial charge on any atom is 0.223 e. The molecule has 4 rings (SSSR count). The number of hydrogen-bond acceptors (Lipinski definition) is 6. The van der Waals surface area contributed by atoms with Crippen molar-refractivity contribution in [2.75, 3.05) is 24.7 Å². The highest BCUT2D eigenvalue weighted by molar-refractivity contribution is 7.88. The minimum absolute atomic E-state index is 0. The van der Waals surface area contributed by atoms with Crippen molar-refractivity contribution >= 4 is 39.3 Å². The highest BCUT2D eigenvalue weighted by Crippen LogP contribution is 2.27. The van der Waals surface area contributed by atoms with Crippen LogP contribution in [0.1, 0.15) is 12.8 Å². The topological polar surface area (TPSA) is 88.1 Å². The van der Waals surface area contributed by atoms with E-state index in [-0.39, 0.29) is 41.2 Å². The monoisotopic (exact) mass is 455 g/mol. The number of piperidine rings is 1. The first kappa shape index (κ1) is 22.3. The summed E-state index contributed by atoms with van der Waals surface area (Å²) in [6, 6.07) is 6.17. The van der Waals surface area contributed by atoms with E-state index in [0.29, 0.717) is 31.3 Å². The number of nitrogens with one attached hydrogen (secondary N) is 1. The van der Waals surface area contributed by atoms with E-state index in [1.54, 1.807) is 18.2 Å². The molecule has 11 heteroatoms. The third-order valence-corrected chi connectivity index (χ3v) is 6.24. The summed E-state index contributed by atoms with van der Waals surface area (Å²) in [6.45, 7) is 0.793. The van der Waals surface area contributed by atoms with Crippen LogP contribution in [0.3, 0.4) is 0 Å². The number of nitrogens with zero attached hydrogens (tertiary/aromatic N) is 4. The summed E-state index contributed by atoms with van der Waals surface area (Å²) in [4.78, 5) is 12.2. The van der Waals surface area contributed by atoms with E-state index >= 15 is 0 Å². The Kier molecular flexibility index (Phi) is 6.49. The third-order valence-electron chi connectivity index (χ3n) is 4.93. The average molecular weight is 456 g/mol. The van der Waals surface area contributed by atoms with Gasteiger partial charge in [-0.1, -0.05) is 6.07 Å². The Morgan fingerprint density at radius 3 is 2.57 bits per heavy atom. The number of hydrogen-bond donors (Lipinski definition) is 1. The molecule has 1 aliphatic heterocycles. The van der Waals surface area contributed by atoms with Gasteiger partial charge in [-0.3, -0.25) is 4.98 Å². The molecule has 1 aliphatic rings. The number of anilines is 1. The van der Waals surface area contributed by atoms with Crippen molar-refractivity contribution in [2.24, 2.45) is 0 Å². The quantitative estimate of drug-likeness (QED) is 0.649. The molecule has 160 valence electrons.